The van der Waals surface area contributed by atoms with Crippen molar-refractivity contribution in [2.45, 2.75) is 38.1 Å². The molecule has 1 unspecified atom stereocenters. The first kappa shape index (κ1) is 16.0. The fourth-order valence-electron chi connectivity index (χ4n) is 2.65. The maximum absolute atomic E-state index is 12.3. The van der Waals surface area contributed by atoms with Crippen LogP contribution in [0.5, 0.6) is 0 Å². The number of hydrogen-bond donors (Lipinski definition) is 1. The SMILES string of the molecule is CS(=O)(=O)NCCC(c1ccco1)N1CCCCCC1=O. The van der Waals surface area contributed by atoms with Crippen LogP contribution in [0.1, 0.15) is 43.9 Å². The van der Waals surface area contributed by atoms with Gasteiger partial charge >= 0.3 is 0 Å². The largest absolute Gasteiger partial charge is 0.467 e. The maximum atomic E-state index is 12.3. The first-order valence-electron chi connectivity index (χ1n) is 7.25. The normalized spacial score (nSPS) is 18.5. The zero-order valence-electron chi connectivity index (χ0n) is 12.2. The number of sulfonamides is 1. The third kappa shape index (κ3) is 4.86. The highest BCUT2D eigenvalue weighted by Gasteiger charge is 2.28. The van der Waals surface area contributed by atoms with Crippen molar-refractivity contribution in [2.24, 2.45) is 0 Å². The van der Waals surface area contributed by atoms with E-state index in [1.807, 2.05) is 11.0 Å². The molecule has 0 aromatic carbocycles. The van der Waals surface area contributed by atoms with Crippen molar-refractivity contribution in [3.8, 4) is 0 Å². The lowest BCUT2D eigenvalue weighted by Crippen LogP contribution is -2.36. The van der Waals surface area contributed by atoms with Gasteiger partial charge in [0.15, 0.2) is 0 Å². The summed E-state index contributed by atoms with van der Waals surface area (Å²) in [6, 6.07) is 3.41. The third-order valence-electron chi connectivity index (χ3n) is 3.64. The predicted octanol–water partition coefficient (Wildman–Crippen LogP) is 1.66. The van der Waals surface area contributed by atoms with E-state index < -0.39 is 10.0 Å². The molecule has 0 spiro atoms. The van der Waals surface area contributed by atoms with Crippen LogP contribution in [0.4, 0.5) is 0 Å². The van der Waals surface area contributed by atoms with Crippen LogP contribution in [0.2, 0.25) is 0 Å². The van der Waals surface area contributed by atoms with Crippen LogP contribution in [0, 0.1) is 0 Å². The van der Waals surface area contributed by atoms with Gasteiger partial charge in [0.1, 0.15) is 5.76 Å². The number of hydrogen-bond acceptors (Lipinski definition) is 4. The van der Waals surface area contributed by atoms with Gasteiger partial charge in [-0.05, 0) is 31.4 Å². The molecule has 1 N–H and O–H groups in total. The molecule has 1 aliphatic rings. The Morgan fingerprint density at radius 1 is 1.38 bits per heavy atom. The molecule has 1 atom stereocenters. The van der Waals surface area contributed by atoms with Crippen molar-refractivity contribution in [2.75, 3.05) is 19.3 Å². The van der Waals surface area contributed by atoms with Gasteiger partial charge in [0.05, 0.1) is 18.6 Å². The van der Waals surface area contributed by atoms with E-state index in [4.69, 9.17) is 4.42 Å². The summed E-state index contributed by atoms with van der Waals surface area (Å²) in [4.78, 5) is 14.1. The van der Waals surface area contributed by atoms with E-state index in [9.17, 15) is 13.2 Å². The van der Waals surface area contributed by atoms with Gasteiger partial charge in [-0.1, -0.05) is 6.42 Å². The van der Waals surface area contributed by atoms with E-state index in [0.717, 1.165) is 25.5 Å². The van der Waals surface area contributed by atoms with E-state index in [2.05, 4.69) is 4.72 Å². The lowest BCUT2D eigenvalue weighted by Gasteiger charge is -2.29. The van der Waals surface area contributed by atoms with Gasteiger partial charge < -0.3 is 9.32 Å². The molecule has 2 heterocycles. The highest BCUT2D eigenvalue weighted by Crippen LogP contribution is 2.28. The number of nitrogens with one attached hydrogen (secondary N) is 1. The molecule has 118 valence electrons. The number of amides is 1. The van der Waals surface area contributed by atoms with E-state index in [0.29, 0.717) is 25.1 Å². The second-order valence-electron chi connectivity index (χ2n) is 5.38. The summed E-state index contributed by atoms with van der Waals surface area (Å²) in [5, 5.41) is 0. The first-order valence-corrected chi connectivity index (χ1v) is 9.14. The van der Waals surface area contributed by atoms with Gasteiger partial charge in [0.25, 0.3) is 0 Å². The van der Waals surface area contributed by atoms with Crippen LogP contribution in [0.3, 0.4) is 0 Å². The second kappa shape index (κ2) is 7.09. The summed E-state index contributed by atoms with van der Waals surface area (Å²) < 4.78 is 30.3. The highest BCUT2D eigenvalue weighted by atomic mass is 32.2. The highest BCUT2D eigenvalue weighted by molar-refractivity contribution is 7.88. The van der Waals surface area contributed by atoms with Crippen molar-refractivity contribution < 1.29 is 17.6 Å². The van der Waals surface area contributed by atoms with Crippen LogP contribution >= 0.6 is 0 Å². The average Bonchev–Trinajstić information content (AvgIpc) is 2.84. The Balaban J connectivity index is 2.10. The van der Waals surface area contributed by atoms with E-state index in [1.54, 1.807) is 12.3 Å². The van der Waals surface area contributed by atoms with Gasteiger partial charge in [-0.2, -0.15) is 0 Å². The Morgan fingerprint density at radius 2 is 2.19 bits per heavy atom. The van der Waals surface area contributed by atoms with Gasteiger partial charge in [0.2, 0.25) is 15.9 Å². The summed E-state index contributed by atoms with van der Waals surface area (Å²) >= 11 is 0. The number of nitrogens with zero attached hydrogens (tertiary/aromatic N) is 1. The summed E-state index contributed by atoms with van der Waals surface area (Å²) in [7, 11) is -3.22. The summed E-state index contributed by atoms with van der Waals surface area (Å²) in [5.74, 6) is 0.828. The van der Waals surface area contributed by atoms with E-state index in [1.165, 1.54) is 0 Å². The van der Waals surface area contributed by atoms with Crippen LogP contribution in [0.15, 0.2) is 22.8 Å². The topological polar surface area (TPSA) is 79.6 Å². The molecule has 7 heteroatoms. The minimum Gasteiger partial charge on any atom is -0.467 e. The van der Waals surface area contributed by atoms with E-state index >= 15 is 0 Å². The molecule has 0 bridgehead atoms. The molecule has 1 fully saturated rings. The van der Waals surface area contributed by atoms with Crippen LogP contribution in [0.25, 0.3) is 0 Å². The molecule has 1 amide bonds. The number of rotatable bonds is 6. The quantitative estimate of drug-likeness (QED) is 0.866. The average molecular weight is 314 g/mol. The Hall–Kier alpha value is -1.34. The zero-order chi connectivity index (χ0) is 15.3. The molecule has 1 aliphatic heterocycles. The van der Waals surface area contributed by atoms with Crippen LogP contribution < -0.4 is 4.72 Å². The molecule has 1 aromatic heterocycles. The molecule has 1 saturated heterocycles. The fourth-order valence-corrected chi connectivity index (χ4v) is 3.14. The summed E-state index contributed by atoms with van der Waals surface area (Å²) in [5.41, 5.74) is 0. The van der Waals surface area contributed by atoms with Gasteiger partial charge in [-0.3, -0.25) is 4.79 Å². The fraction of sp³-hybridized carbons (Fsp3) is 0.643. The zero-order valence-corrected chi connectivity index (χ0v) is 13.1. The predicted molar refractivity (Wildman–Crippen MR) is 79.1 cm³/mol. The molecule has 0 radical (unpaired) electrons. The van der Waals surface area contributed by atoms with E-state index in [-0.39, 0.29) is 18.5 Å². The third-order valence-corrected chi connectivity index (χ3v) is 4.37. The molecule has 21 heavy (non-hydrogen) atoms. The molecule has 0 saturated carbocycles. The lowest BCUT2D eigenvalue weighted by atomic mass is 10.1. The monoisotopic (exact) mass is 314 g/mol. The standard InChI is InChI=1S/C14H22N2O4S/c1-21(18,19)15-9-8-12(13-6-5-11-20-13)16-10-4-2-3-7-14(16)17/h5-6,11-12,15H,2-4,7-10H2,1H3. The summed E-state index contributed by atoms with van der Waals surface area (Å²) in [6.07, 6.45) is 6.71. The van der Waals surface area contributed by atoms with Crippen LogP contribution in [-0.2, 0) is 14.8 Å². The van der Waals surface area contributed by atoms with Crippen molar-refractivity contribution in [3.63, 3.8) is 0 Å². The van der Waals surface area contributed by atoms with Crippen molar-refractivity contribution in [1.82, 2.24) is 9.62 Å². The lowest BCUT2D eigenvalue weighted by molar-refractivity contribution is -0.133. The van der Waals surface area contributed by atoms with Gasteiger partial charge in [-0.25, -0.2) is 13.1 Å². The summed E-state index contributed by atoms with van der Waals surface area (Å²) in [6.45, 7) is 0.983. The number of carbonyl (C=O) groups is 1. The molecule has 1 aromatic rings. The van der Waals surface area contributed by atoms with Crippen LogP contribution in [-0.4, -0.2) is 38.6 Å². The Labute approximate surface area is 125 Å². The Morgan fingerprint density at radius 3 is 2.86 bits per heavy atom. The molecule has 2 rings (SSSR count). The smallest absolute Gasteiger partial charge is 0.223 e. The Kier molecular flexibility index (Phi) is 5.41. The molecular weight excluding hydrogens is 292 g/mol. The molecular formula is C14H22N2O4S. The first-order chi connectivity index (χ1) is 9.97. The van der Waals surface area contributed by atoms with Crippen molar-refractivity contribution in [3.05, 3.63) is 24.2 Å². The second-order valence-corrected chi connectivity index (χ2v) is 7.22. The number of furan rings is 1. The van der Waals surface area contributed by atoms with Gasteiger partial charge in [-0.15, -0.1) is 0 Å². The molecule has 6 nitrogen and oxygen atoms in total. The van der Waals surface area contributed by atoms with Gasteiger partial charge in [0, 0.05) is 19.5 Å². The molecule has 0 aliphatic carbocycles. The van der Waals surface area contributed by atoms with Crippen molar-refractivity contribution >= 4 is 15.9 Å². The number of carbonyl (C=O) groups excluding carboxylic acids is 1. The van der Waals surface area contributed by atoms with Crippen molar-refractivity contribution in [1.29, 1.82) is 0 Å². The number of likely N-dealkylation sites (tertiary alicyclic amines) is 1. The maximum Gasteiger partial charge on any atom is 0.223 e. The Bertz CT molecular complexity index is 554. The minimum atomic E-state index is -3.22. The minimum absolute atomic E-state index is 0.119.